The van der Waals surface area contributed by atoms with E-state index in [1.807, 2.05) is 0 Å². The van der Waals surface area contributed by atoms with Crippen LogP contribution >= 0.6 is 11.6 Å². The summed E-state index contributed by atoms with van der Waals surface area (Å²) in [5.41, 5.74) is 3.23. The predicted octanol–water partition coefficient (Wildman–Crippen LogP) is 2.17. The molecule has 1 aromatic heterocycles. The van der Waals surface area contributed by atoms with Gasteiger partial charge >= 0.3 is 0 Å². The quantitative estimate of drug-likeness (QED) is 0.585. The fraction of sp³-hybridized carbons (Fsp3) is 0.0909. The SMILES string of the molecule is Cc1cc(NC(=O)c2cc(Cl)ccc2NN)no1. The predicted molar refractivity (Wildman–Crippen MR) is 68.5 cm³/mol. The highest BCUT2D eigenvalue weighted by atomic mass is 35.5. The average Bonchev–Trinajstić information content (AvgIpc) is 2.74. The van der Waals surface area contributed by atoms with Gasteiger partial charge in [0.2, 0.25) is 0 Å². The molecule has 1 amide bonds. The van der Waals surface area contributed by atoms with Crippen LogP contribution in [0.5, 0.6) is 0 Å². The standard InChI is InChI=1S/C11H11ClN4O2/c1-6-4-10(16-18-6)14-11(17)8-5-7(12)2-3-9(8)15-13/h2-5,15H,13H2,1H3,(H,14,16,17). The van der Waals surface area contributed by atoms with E-state index < -0.39 is 0 Å². The summed E-state index contributed by atoms with van der Waals surface area (Å²) in [7, 11) is 0. The maximum absolute atomic E-state index is 12.0. The number of anilines is 2. The van der Waals surface area contributed by atoms with Gasteiger partial charge in [-0.3, -0.25) is 10.6 Å². The molecule has 0 spiro atoms. The van der Waals surface area contributed by atoms with Crippen LogP contribution in [0.4, 0.5) is 11.5 Å². The van der Waals surface area contributed by atoms with Gasteiger partial charge in [0, 0.05) is 11.1 Å². The number of nitrogen functional groups attached to an aromatic ring is 1. The molecule has 0 aliphatic carbocycles. The van der Waals surface area contributed by atoms with Gasteiger partial charge < -0.3 is 15.3 Å². The number of hydrogen-bond acceptors (Lipinski definition) is 5. The van der Waals surface area contributed by atoms with Gasteiger partial charge in [0.15, 0.2) is 5.82 Å². The minimum Gasteiger partial charge on any atom is -0.360 e. The molecule has 1 aromatic carbocycles. The third-order valence-electron chi connectivity index (χ3n) is 2.25. The summed E-state index contributed by atoms with van der Waals surface area (Å²) in [6, 6.07) is 6.37. The Morgan fingerprint density at radius 1 is 1.44 bits per heavy atom. The number of carbonyl (C=O) groups is 1. The third kappa shape index (κ3) is 2.61. The third-order valence-corrected chi connectivity index (χ3v) is 2.49. The van der Waals surface area contributed by atoms with Gasteiger partial charge in [-0.15, -0.1) is 0 Å². The Morgan fingerprint density at radius 2 is 2.22 bits per heavy atom. The molecule has 0 fully saturated rings. The molecule has 6 nitrogen and oxygen atoms in total. The molecule has 2 aromatic rings. The van der Waals surface area contributed by atoms with Gasteiger partial charge in [0.05, 0.1) is 11.3 Å². The number of halogens is 1. The molecule has 1 heterocycles. The zero-order chi connectivity index (χ0) is 13.1. The molecule has 7 heteroatoms. The zero-order valence-corrected chi connectivity index (χ0v) is 10.3. The van der Waals surface area contributed by atoms with Crippen molar-refractivity contribution in [3.05, 3.63) is 40.6 Å². The van der Waals surface area contributed by atoms with Crippen molar-refractivity contribution < 1.29 is 9.32 Å². The van der Waals surface area contributed by atoms with Crippen molar-refractivity contribution in [2.45, 2.75) is 6.92 Å². The van der Waals surface area contributed by atoms with Crippen LogP contribution in [-0.4, -0.2) is 11.1 Å². The van der Waals surface area contributed by atoms with Crippen LogP contribution in [-0.2, 0) is 0 Å². The molecule has 0 radical (unpaired) electrons. The Hall–Kier alpha value is -2.05. The molecule has 0 aliphatic rings. The average molecular weight is 267 g/mol. The minimum atomic E-state index is -0.376. The first-order valence-electron chi connectivity index (χ1n) is 5.11. The van der Waals surface area contributed by atoms with Crippen LogP contribution in [0, 0.1) is 6.92 Å². The monoisotopic (exact) mass is 266 g/mol. The summed E-state index contributed by atoms with van der Waals surface area (Å²) in [6.07, 6.45) is 0. The number of benzene rings is 1. The van der Waals surface area contributed by atoms with Crippen molar-refractivity contribution in [1.82, 2.24) is 5.16 Å². The van der Waals surface area contributed by atoms with Gasteiger partial charge in [-0.25, -0.2) is 0 Å². The first kappa shape index (κ1) is 12.4. The summed E-state index contributed by atoms with van der Waals surface area (Å²) < 4.78 is 4.85. The Kier molecular flexibility index (Phi) is 3.50. The zero-order valence-electron chi connectivity index (χ0n) is 9.53. The number of nitrogens with zero attached hydrogens (tertiary/aromatic N) is 1. The topological polar surface area (TPSA) is 93.2 Å². The van der Waals surface area contributed by atoms with Crippen molar-refractivity contribution in [1.29, 1.82) is 0 Å². The summed E-state index contributed by atoms with van der Waals surface area (Å²) >= 11 is 5.84. The summed E-state index contributed by atoms with van der Waals surface area (Å²) in [4.78, 5) is 12.0. The maximum Gasteiger partial charge on any atom is 0.259 e. The van der Waals surface area contributed by atoms with Gasteiger partial charge in [-0.2, -0.15) is 0 Å². The first-order valence-corrected chi connectivity index (χ1v) is 5.49. The summed E-state index contributed by atoms with van der Waals surface area (Å²) in [5, 5.41) is 6.69. The van der Waals surface area contributed by atoms with Crippen molar-refractivity contribution in [3.63, 3.8) is 0 Å². The van der Waals surface area contributed by atoms with E-state index in [2.05, 4.69) is 15.9 Å². The van der Waals surface area contributed by atoms with Gasteiger partial charge in [0.25, 0.3) is 5.91 Å². The number of aromatic nitrogens is 1. The lowest BCUT2D eigenvalue weighted by Gasteiger charge is -2.08. The smallest absolute Gasteiger partial charge is 0.259 e. The molecule has 94 valence electrons. The molecule has 0 atom stereocenters. The summed E-state index contributed by atoms with van der Waals surface area (Å²) in [5.74, 6) is 5.89. The van der Waals surface area contributed by atoms with Crippen molar-refractivity contribution >= 4 is 29.0 Å². The van der Waals surface area contributed by atoms with Crippen LogP contribution in [0.2, 0.25) is 5.02 Å². The lowest BCUT2D eigenvalue weighted by atomic mass is 10.1. The van der Waals surface area contributed by atoms with E-state index in [1.165, 1.54) is 6.07 Å². The van der Waals surface area contributed by atoms with Crippen LogP contribution in [0.25, 0.3) is 0 Å². The normalized spacial score (nSPS) is 10.2. The number of nitrogens with one attached hydrogen (secondary N) is 2. The fourth-order valence-electron chi connectivity index (χ4n) is 1.44. The second-order valence-electron chi connectivity index (χ2n) is 3.61. The van der Waals surface area contributed by atoms with Gasteiger partial charge in [-0.1, -0.05) is 16.8 Å². The van der Waals surface area contributed by atoms with E-state index >= 15 is 0 Å². The Labute approximate surface area is 108 Å². The summed E-state index contributed by atoms with van der Waals surface area (Å²) in [6.45, 7) is 1.73. The number of hydrogen-bond donors (Lipinski definition) is 3. The molecule has 4 N–H and O–H groups in total. The van der Waals surface area contributed by atoms with E-state index in [0.29, 0.717) is 27.9 Å². The lowest BCUT2D eigenvalue weighted by Crippen LogP contribution is -2.17. The molecular weight excluding hydrogens is 256 g/mol. The van der Waals surface area contributed by atoms with Crippen LogP contribution in [0.3, 0.4) is 0 Å². The molecular formula is C11H11ClN4O2. The van der Waals surface area contributed by atoms with Crippen LogP contribution in [0.1, 0.15) is 16.1 Å². The second kappa shape index (κ2) is 5.07. The van der Waals surface area contributed by atoms with E-state index in [1.54, 1.807) is 25.1 Å². The van der Waals surface area contributed by atoms with Crippen molar-refractivity contribution in [2.24, 2.45) is 5.84 Å². The molecule has 0 unspecified atom stereocenters. The molecule has 0 bridgehead atoms. The molecule has 0 saturated carbocycles. The van der Waals surface area contributed by atoms with Gasteiger partial charge in [0.1, 0.15) is 5.76 Å². The number of aryl methyl sites for hydroxylation is 1. The van der Waals surface area contributed by atoms with E-state index in [9.17, 15) is 4.79 Å². The van der Waals surface area contributed by atoms with E-state index in [0.717, 1.165) is 0 Å². The van der Waals surface area contributed by atoms with Crippen molar-refractivity contribution in [3.8, 4) is 0 Å². The largest absolute Gasteiger partial charge is 0.360 e. The molecule has 0 aliphatic heterocycles. The highest BCUT2D eigenvalue weighted by molar-refractivity contribution is 6.31. The number of nitrogens with two attached hydrogens (primary N) is 1. The van der Waals surface area contributed by atoms with E-state index in [4.69, 9.17) is 22.0 Å². The second-order valence-corrected chi connectivity index (χ2v) is 4.05. The van der Waals surface area contributed by atoms with Crippen LogP contribution < -0.4 is 16.6 Å². The Balaban J connectivity index is 2.25. The molecule has 0 saturated heterocycles. The minimum absolute atomic E-state index is 0.325. The number of carbonyl (C=O) groups excluding carboxylic acids is 1. The maximum atomic E-state index is 12.0. The number of rotatable bonds is 3. The van der Waals surface area contributed by atoms with Gasteiger partial charge in [-0.05, 0) is 25.1 Å². The highest BCUT2D eigenvalue weighted by Crippen LogP contribution is 2.21. The molecule has 18 heavy (non-hydrogen) atoms. The van der Waals surface area contributed by atoms with Crippen molar-refractivity contribution in [2.75, 3.05) is 10.7 Å². The van der Waals surface area contributed by atoms with E-state index in [-0.39, 0.29) is 5.91 Å². The number of amides is 1. The fourth-order valence-corrected chi connectivity index (χ4v) is 1.61. The first-order chi connectivity index (χ1) is 8.60. The van der Waals surface area contributed by atoms with Crippen LogP contribution in [0.15, 0.2) is 28.8 Å². The lowest BCUT2D eigenvalue weighted by molar-refractivity contribution is 0.102. The highest BCUT2D eigenvalue weighted by Gasteiger charge is 2.13. The Morgan fingerprint density at radius 3 is 2.83 bits per heavy atom. The Bertz CT molecular complexity index is 582. The molecule has 2 rings (SSSR count). The number of hydrazine groups is 1.